The Morgan fingerprint density at radius 1 is 1.44 bits per heavy atom. The fourth-order valence-electron chi connectivity index (χ4n) is 2.24. The first-order valence-corrected chi connectivity index (χ1v) is 6.53. The van der Waals surface area contributed by atoms with Gasteiger partial charge >= 0.3 is 0 Å². The summed E-state index contributed by atoms with van der Waals surface area (Å²) in [4.78, 5) is 13.9. The van der Waals surface area contributed by atoms with Crippen molar-refractivity contribution in [2.45, 2.75) is 26.8 Å². The Balaban J connectivity index is 2.02. The highest BCUT2D eigenvalue weighted by molar-refractivity contribution is 5.81. The van der Waals surface area contributed by atoms with E-state index in [1.165, 1.54) is 16.8 Å². The van der Waals surface area contributed by atoms with Crippen molar-refractivity contribution in [1.29, 1.82) is 0 Å². The van der Waals surface area contributed by atoms with Crippen LogP contribution in [0.15, 0.2) is 18.2 Å². The molecule has 0 unspecified atom stereocenters. The maximum absolute atomic E-state index is 11.8. The van der Waals surface area contributed by atoms with E-state index in [0.717, 1.165) is 6.42 Å². The molecule has 1 saturated carbocycles. The zero-order valence-corrected chi connectivity index (χ0v) is 11.7. The van der Waals surface area contributed by atoms with E-state index in [4.69, 9.17) is 0 Å². The maximum atomic E-state index is 11.8. The van der Waals surface area contributed by atoms with Crippen molar-refractivity contribution in [3.63, 3.8) is 0 Å². The Labute approximate surface area is 109 Å². The Hall–Kier alpha value is -1.51. The Bertz CT molecular complexity index is 454. The van der Waals surface area contributed by atoms with Crippen molar-refractivity contribution < 1.29 is 4.79 Å². The molecule has 1 N–H and O–H groups in total. The van der Waals surface area contributed by atoms with E-state index < -0.39 is 0 Å². The molecule has 1 aliphatic carbocycles. The Morgan fingerprint density at radius 3 is 2.67 bits per heavy atom. The number of benzene rings is 1. The molecule has 18 heavy (non-hydrogen) atoms. The first kappa shape index (κ1) is 12.9. The highest BCUT2D eigenvalue weighted by Gasteiger charge is 2.38. The van der Waals surface area contributed by atoms with Crippen LogP contribution in [0.25, 0.3) is 0 Å². The largest absolute Gasteiger partial charge is 0.377 e. The van der Waals surface area contributed by atoms with Gasteiger partial charge in [0.1, 0.15) is 0 Å². The van der Waals surface area contributed by atoms with Gasteiger partial charge < -0.3 is 10.2 Å². The van der Waals surface area contributed by atoms with Gasteiger partial charge in [-0.2, -0.15) is 0 Å². The van der Waals surface area contributed by atoms with Gasteiger partial charge in [-0.15, -0.1) is 0 Å². The average molecular weight is 246 g/mol. The molecule has 0 aromatic heterocycles. The van der Waals surface area contributed by atoms with E-state index in [1.54, 1.807) is 0 Å². The molecule has 98 valence electrons. The van der Waals surface area contributed by atoms with Crippen LogP contribution < -0.4 is 10.2 Å². The number of amides is 1. The lowest BCUT2D eigenvalue weighted by Gasteiger charge is -2.18. The number of hydrogen-bond donors (Lipinski definition) is 1. The summed E-state index contributed by atoms with van der Waals surface area (Å²) in [6, 6.07) is 6.34. The first-order valence-electron chi connectivity index (χ1n) is 6.53. The normalized spacial score (nSPS) is 21.6. The Morgan fingerprint density at radius 2 is 2.11 bits per heavy atom. The molecule has 0 saturated heterocycles. The van der Waals surface area contributed by atoms with Gasteiger partial charge in [0, 0.05) is 32.2 Å². The van der Waals surface area contributed by atoms with Crippen molar-refractivity contribution in [1.82, 2.24) is 5.32 Å². The molecular formula is C15H22N2O. The molecule has 1 aliphatic rings. The molecule has 1 aromatic carbocycles. The molecule has 2 rings (SSSR count). The second kappa shape index (κ2) is 5.01. The van der Waals surface area contributed by atoms with Crippen LogP contribution in [0.4, 0.5) is 5.69 Å². The summed E-state index contributed by atoms with van der Waals surface area (Å²) < 4.78 is 0. The monoisotopic (exact) mass is 246 g/mol. The van der Waals surface area contributed by atoms with Crippen molar-refractivity contribution >= 4 is 11.6 Å². The van der Waals surface area contributed by atoms with E-state index in [0.29, 0.717) is 12.5 Å². The number of nitrogens with one attached hydrogen (secondary N) is 1. The molecular weight excluding hydrogens is 224 g/mol. The molecule has 1 fully saturated rings. The van der Waals surface area contributed by atoms with Crippen molar-refractivity contribution in [3.05, 3.63) is 29.3 Å². The van der Waals surface area contributed by atoms with Crippen LogP contribution in [-0.4, -0.2) is 20.0 Å². The average Bonchev–Trinajstić information content (AvgIpc) is 3.04. The third-order valence-corrected chi connectivity index (χ3v) is 3.62. The summed E-state index contributed by atoms with van der Waals surface area (Å²) in [5.74, 6) is 1.02. The van der Waals surface area contributed by atoms with Gasteiger partial charge in [-0.25, -0.2) is 0 Å². The summed E-state index contributed by atoms with van der Waals surface area (Å²) in [6.07, 6.45) is 1.04. The van der Waals surface area contributed by atoms with Crippen LogP contribution in [0, 0.1) is 18.8 Å². The number of carbonyl (C=O) groups is 1. The zero-order chi connectivity index (χ0) is 13.3. The molecule has 1 amide bonds. The maximum Gasteiger partial charge on any atom is 0.223 e. The van der Waals surface area contributed by atoms with Crippen LogP contribution >= 0.6 is 0 Å². The minimum atomic E-state index is 0.202. The minimum Gasteiger partial charge on any atom is -0.377 e. The fourth-order valence-corrected chi connectivity index (χ4v) is 2.24. The second-order valence-corrected chi connectivity index (χ2v) is 5.56. The van der Waals surface area contributed by atoms with Crippen LogP contribution in [0.2, 0.25) is 0 Å². The summed E-state index contributed by atoms with van der Waals surface area (Å²) >= 11 is 0. The standard InChI is InChI=1S/C15H22N2O/c1-10-5-6-12(14(7-10)17(3)4)9-16-15(18)13-8-11(13)2/h5-7,11,13H,8-9H2,1-4H3,(H,16,18)/t11-,13+/m0/s1. The molecule has 2 atom stereocenters. The number of hydrogen-bond acceptors (Lipinski definition) is 2. The topological polar surface area (TPSA) is 32.3 Å². The van der Waals surface area contributed by atoms with Crippen molar-refractivity contribution in [2.75, 3.05) is 19.0 Å². The van der Waals surface area contributed by atoms with E-state index in [9.17, 15) is 4.79 Å². The third kappa shape index (κ3) is 2.84. The fraction of sp³-hybridized carbons (Fsp3) is 0.533. The smallest absolute Gasteiger partial charge is 0.223 e. The highest BCUT2D eigenvalue weighted by atomic mass is 16.2. The van der Waals surface area contributed by atoms with Gasteiger partial charge in [0.15, 0.2) is 0 Å². The second-order valence-electron chi connectivity index (χ2n) is 5.56. The van der Waals surface area contributed by atoms with Crippen LogP contribution in [0.3, 0.4) is 0 Å². The number of carbonyl (C=O) groups excluding carboxylic acids is 1. The number of rotatable bonds is 4. The predicted molar refractivity (Wildman–Crippen MR) is 74.6 cm³/mol. The number of aryl methyl sites for hydroxylation is 1. The van der Waals surface area contributed by atoms with Crippen molar-refractivity contribution in [3.8, 4) is 0 Å². The molecule has 0 bridgehead atoms. The Kier molecular flexibility index (Phi) is 3.60. The lowest BCUT2D eigenvalue weighted by Crippen LogP contribution is -2.26. The van der Waals surface area contributed by atoms with Crippen LogP contribution in [-0.2, 0) is 11.3 Å². The van der Waals surface area contributed by atoms with E-state index in [2.05, 4.69) is 42.3 Å². The molecule has 0 aliphatic heterocycles. The van der Waals surface area contributed by atoms with Gasteiger partial charge in [0.2, 0.25) is 5.91 Å². The molecule has 0 heterocycles. The van der Waals surface area contributed by atoms with E-state index >= 15 is 0 Å². The van der Waals surface area contributed by atoms with Gasteiger partial charge in [0.25, 0.3) is 0 Å². The third-order valence-electron chi connectivity index (χ3n) is 3.62. The summed E-state index contributed by atoms with van der Waals surface area (Å²) in [6.45, 7) is 4.83. The molecule has 0 spiro atoms. The van der Waals surface area contributed by atoms with Gasteiger partial charge in [-0.3, -0.25) is 4.79 Å². The summed E-state index contributed by atoms with van der Waals surface area (Å²) in [7, 11) is 4.06. The van der Waals surface area contributed by atoms with E-state index in [1.807, 2.05) is 14.1 Å². The number of nitrogens with zero attached hydrogens (tertiary/aromatic N) is 1. The van der Waals surface area contributed by atoms with Crippen LogP contribution in [0.1, 0.15) is 24.5 Å². The predicted octanol–water partition coefficient (Wildman–Crippen LogP) is 2.33. The van der Waals surface area contributed by atoms with Gasteiger partial charge in [-0.1, -0.05) is 19.1 Å². The van der Waals surface area contributed by atoms with Gasteiger partial charge in [-0.05, 0) is 36.5 Å². The zero-order valence-electron chi connectivity index (χ0n) is 11.7. The SMILES string of the molecule is Cc1ccc(CNC(=O)[C@@H]2C[C@@H]2C)c(N(C)C)c1. The van der Waals surface area contributed by atoms with Crippen LogP contribution in [0.5, 0.6) is 0 Å². The van der Waals surface area contributed by atoms with Gasteiger partial charge in [0.05, 0.1) is 0 Å². The minimum absolute atomic E-state index is 0.202. The lowest BCUT2D eigenvalue weighted by molar-refractivity contribution is -0.122. The number of anilines is 1. The molecule has 0 radical (unpaired) electrons. The molecule has 1 aromatic rings. The quantitative estimate of drug-likeness (QED) is 0.884. The summed E-state index contributed by atoms with van der Waals surface area (Å²) in [5, 5.41) is 3.04. The van der Waals surface area contributed by atoms with E-state index in [-0.39, 0.29) is 11.8 Å². The first-order chi connectivity index (χ1) is 8.49. The summed E-state index contributed by atoms with van der Waals surface area (Å²) in [5.41, 5.74) is 3.59. The van der Waals surface area contributed by atoms with Crippen molar-refractivity contribution in [2.24, 2.45) is 11.8 Å². The molecule has 3 heteroatoms. The highest BCUT2D eigenvalue weighted by Crippen LogP contribution is 2.37. The molecule has 3 nitrogen and oxygen atoms in total. The lowest BCUT2D eigenvalue weighted by atomic mass is 10.1.